The van der Waals surface area contributed by atoms with Gasteiger partial charge in [-0.25, -0.2) is 0 Å². The van der Waals surface area contributed by atoms with Crippen LogP contribution in [0.3, 0.4) is 0 Å². The van der Waals surface area contributed by atoms with E-state index in [4.69, 9.17) is 0 Å². The Balaban J connectivity index is 1.38. The van der Waals surface area contributed by atoms with Gasteiger partial charge in [-0.15, -0.1) is 0 Å². The monoisotopic (exact) mass is 252 g/mol. The van der Waals surface area contributed by atoms with Gasteiger partial charge in [0, 0.05) is 12.1 Å². The Hall–Kier alpha value is -0.120. The molecular formula is C15H28N2O. The Kier molecular flexibility index (Phi) is 4.22. The molecule has 2 aliphatic heterocycles. The summed E-state index contributed by atoms with van der Waals surface area (Å²) in [6.07, 6.45) is 10.0. The number of nitrogens with zero attached hydrogens (tertiary/aromatic N) is 1. The highest BCUT2D eigenvalue weighted by molar-refractivity contribution is 4.89. The second-order valence-corrected chi connectivity index (χ2v) is 6.64. The van der Waals surface area contributed by atoms with Gasteiger partial charge in [-0.3, -0.25) is 0 Å². The summed E-state index contributed by atoms with van der Waals surface area (Å²) in [5, 5.41) is 13.3. The summed E-state index contributed by atoms with van der Waals surface area (Å²) in [6, 6.07) is 1.64. The molecule has 3 nitrogen and oxygen atoms in total. The van der Waals surface area contributed by atoms with Crippen molar-refractivity contribution in [1.82, 2.24) is 10.2 Å². The lowest BCUT2D eigenvalue weighted by atomic mass is 9.87. The summed E-state index contributed by atoms with van der Waals surface area (Å²) in [6.45, 7) is 3.84. The lowest BCUT2D eigenvalue weighted by Gasteiger charge is -2.36. The molecule has 18 heavy (non-hydrogen) atoms. The van der Waals surface area contributed by atoms with Crippen molar-refractivity contribution in [1.29, 1.82) is 0 Å². The predicted molar refractivity (Wildman–Crippen MR) is 73.6 cm³/mol. The topological polar surface area (TPSA) is 35.5 Å². The molecule has 2 heterocycles. The number of hydrogen-bond donors (Lipinski definition) is 2. The van der Waals surface area contributed by atoms with Crippen molar-refractivity contribution < 1.29 is 5.11 Å². The second kappa shape index (κ2) is 5.89. The fraction of sp³-hybridized carbons (Fsp3) is 1.00. The average molecular weight is 252 g/mol. The second-order valence-electron chi connectivity index (χ2n) is 6.64. The first-order chi connectivity index (χ1) is 8.81. The fourth-order valence-corrected chi connectivity index (χ4v) is 4.09. The van der Waals surface area contributed by atoms with Crippen molar-refractivity contribution in [3.63, 3.8) is 0 Å². The summed E-state index contributed by atoms with van der Waals surface area (Å²) in [5.41, 5.74) is 0. The van der Waals surface area contributed by atoms with Crippen LogP contribution in [0.4, 0.5) is 0 Å². The van der Waals surface area contributed by atoms with Gasteiger partial charge in [0.25, 0.3) is 0 Å². The number of aliphatic hydroxyl groups excluding tert-OH is 1. The highest BCUT2D eigenvalue weighted by atomic mass is 16.3. The third-order valence-corrected chi connectivity index (χ3v) is 5.33. The maximum Gasteiger partial charge on any atom is 0.0540 e. The molecule has 0 amide bonds. The van der Waals surface area contributed by atoms with Crippen LogP contribution in [-0.2, 0) is 0 Å². The molecule has 0 aromatic rings. The third-order valence-electron chi connectivity index (χ3n) is 5.33. The molecule has 2 unspecified atom stereocenters. The van der Waals surface area contributed by atoms with E-state index in [1.54, 1.807) is 0 Å². The Labute approximate surface area is 111 Å². The van der Waals surface area contributed by atoms with Crippen LogP contribution in [-0.4, -0.2) is 47.8 Å². The summed E-state index contributed by atoms with van der Waals surface area (Å²) in [5.74, 6) is 0.815. The number of hydrogen-bond acceptors (Lipinski definition) is 3. The maximum atomic E-state index is 9.52. The van der Waals surface area contributed by atoms with Crippen LogP contribution in [0, 0.1) is 5.92 Å². The number of nitrogens with one attached hydrogen (secondary N) is 1. The highest BCUT2D eigenvalue weighted by Crippen LogP contribution is 2.28. The van der Waals surface area contributed by atoms with Crippen molar-refractivity contribution in [3.05, 3.63) is 0 Å². The minimum atomic E-state index is -0.0111. The zero-order valence-corrected chi connectivity index (χ0v) is 11.5. The highest BCUT2D eigenvalue weighted by Gasteiger charge is 2.31. The van der Waals surface area contributed by atoms with Crippen molar-refractivity contribution in [2.45, 2.75) is 69.6 Å². The van der Waals surface area contributed by atoms with Gasteiger partial charge < -0.3 is 15.3 Å². The molecule has 3 aliphatic rings. The summed E-state index contributed by atoms with van der Waals surface area (Å²) in [7, 11) is 0. The zero-order valence-electron chi connectivity index (χ0n) is 11.5. The minimum absolute atomic E-state index is 0.0111. The average Bonchev–Trinajstić information content (AvgIpc) is 2.85. The van der Waals surface area contributed by atoms with E-state index in [0.29, 0.717) is 0 Å². The van der Waals surface area contributed by atoms with E-state index >= 15 is 0 Å². The molecule has 3 fully saturated rings. The Bertz CT molecular complexity index is 263. The number of fused-ring (bicyclic) bond motifs is 1. The predicted octanol–water partition coefficient (Wildman–Crippen LogP) is 1.75. The molecule has 1 saturated carbocycles. The molecule has 3 heteroatoms. The van der Waals surface area contributed by atoms with E-state index in [1.807, 2.05) is 0 Å². The maximum absolute atomic E-state index is 9.52. The molecule has 0 bridgehead atoms. The number of aliphatic hydroxyl groups is 1. The van der Waals surface area contributed by atoms with Gasteiger partial charge in [0.15, 0.2) is 0 Å². The molecule has 104 valence electrons. The molecule has 0 aromatic carbocycles. The smallest absolute Gasteiger partial charge is 0.0540 e. The van der Waals surface area contributed by atoms with E-state index < -0.39 is 0 Å². The molecular weight excluding hydrogens is 224 g/mol. The SMILES string of the molecule is OC1CCC(CNC2CCN3CCCC3C2)CC1. The molecule has 2 atom stereocenters. The van der Waals surface area contributed by atoms with Gasteiger partial charge >= 0.3 is 0 Å². The molecule has 2 N–H and O–H groups in total. The van der Waals surface area contributed by atoms with E-state index in [-0.39, 0.29) is 6.10 Å². The van der Waals surface area contributed by atoms with Crippen molar-refractivity contribution in [3.8, 4) is 0 Å². The molecule has 0 aromatic heterocycles. The summed E-state index contributed by atoms with van der Waals surface area (Å²) >= 11 is 0. The molecule has 3 rings (SSSR count). The standard InChI is InChI=1S/C15H28N2O/c18-15-5-3-12(4-6-15)11-16-13-7-9-17-8-1-2-14(17)10-13/h12-16,18H,1-11H2. The first kappa shape index (κ1) is 12.9. The van der Waals surface area contributed by atoms with Crippen LogP contribution in [0.2, 0.25) is 0 Å². The van der Waals surface area contributed by atoms with Gasteiger partial charge in [0.1, 0.15) is 0 Å². The largest absolute Gasteiger partial charge is 0.393 e. The van der Waals surface area contributed by atoms with Gasteiger partial charge in [-0.2, -0.15) is 0 Å². The molecule has 2 saturated heterocycles. The van der Waals surface area contributed by atoms with Crippen molar-refractivity contribution in [2.75, 3.05) is 19.6 Å². The Morgan fingerprint density at radius 2 is 1.83 bits per heavy atom. The van der Waals surface area contributed by atoms with Crippen molar-refractivity contribution >= 4 is 0 Å². The zero-order chi connectivity index (χ0) is 12.4. The first-order valence-electron chi connectivity index (χ1n) is 7.97. The van der Waals surface area contributed by atoms with Crippen LogP contribution < -0.4 is 5.32 Å². The van der Waals surface area contributed by atoms with E-state index in [1.165, 1.54) is 58.2 Å². The van der Waals surface area contributed by atoms with Gasteiger partial charge in [-0.05, 0) is 76.9 Å². The Morgan fingerprint density at radius 3 is 2.67 bits per heavy atom. The quantitative estimate of drug-likeness (QED) is 0.803. The third kappa shape index (κ3) is 3.06. The van der Waals surface area contributed by atoms with Crippen molar-refractivity contribution in [2.24, 2.45) is 5.92 Å². The lowest BCUT2D eigenvalue weighted by molar-refractivity contribution is 0.104. The first-order valence-corrected chi connectivity index (χ1v) is 7.97. The Morgan fingerprint density at radius 1 is 1.00 bits per heavy atom. The number of piperidine rings is 1. The van der Waals surface area contributed by atoms with E-state index in [2.05, 4.69) is 10.2 Å². The van der Waals surface area contributed by atoms with Gasteiger partial charge in [0.2, 0.25) is 0 Å². The number of rotatable bonds is 3. The lowest BCUT2D eigenvalue weighted by Crippen LogP contribution is -2.46. The van der Waals surface area contributed by atoms with Crippen LogP contribution in [0.25, 0.3) is 0 Å². The minimum Gasteiger partial charge on any atom is -0.393 e. The summed E-state index contributed by atoms with van der Waals surface area (Å²) < 4.78 is 0. The van der Waals surface area contributed by atoms with Gasteiger partial charge in [-0.1, -0.05) is 0 Å². The normalized spacial score (nSPS) is 41.8. The summed E-state index contributed by atoms with van der Waals surface area (Å²) in [4.78, 5) is 2.69. The molecule has 0 radical (unpaired) electrons. The van der Waals surface area contributed by atoms with E-state index in [0.717, 1.165) is 30.8 Å². The van der Waals surface area contributed by atoms with Crippen LogP contribution in [0.15, 0.2) is 0 Å². The van der Waals surface area contributed by atoms with Gasteiger partial charge in [0.05, 0.1) is 6.10 Å². The van der Waals surface area contributed by atoms with E-state index in [9.17, 15) is 5.11 Å². The molecule has 0 spiro atoms. The van der Waals surface area contributed by atoms with Crippen LogP contribution in [0.5, 0.6) is 0 Å². The molecule has 1 aliphatic carbocycles. The van der Waals surface area contributed by atoms with Crippen LogP contribution >= 0.6 is 0 Å². The van der Waals surface area contributed by atoms with Crippen LogP contribution in [0.1, 0.15) is 51.4 Å². The fourth-order valence-electron chi connectivity index (χ4n) is 4.09.